The number of amides is 2. The van der Waals surface area contributed by atoms with Crippen LogP contribution in [0.25, 0.3) is 0 Å². The number of nitrogens with one attached hydrogen (secondary N) is 1. The number of benzene rings is 1. The molecule has 1 aliphatic rings. The molecule has 1 aromatic carbocycles. The molecule has 0 spiro atoms. The highest BCUT2D eigenvalue weighted by molar-refractivity contribution is 5.74. The highest BCUT2D eigenvalue weighted by Crippen LogP contribution is 2.27. The van der Waals surface area contributed by atoms with Crippen molar-refractivity contribution in [1.82, 2.24) is 10.2 Å². The quantitative estimate of drug-likeness (QED) is 0.878. The van der Waals surface area contributed by atoms with Crippen molar-refractivity contribution in [3.63, 3.8) is 0 Å². The number of urea groups is 1. The summed E-state index contributed by atoms with van der Waals surface area (Å²) in [5, 5.41) is 11.8. The van der Waals surface area contributed by atoms with Crippen molar-refractivity contribution in [3.05, 3.63) is 35.9 Å². The van der Waals surface area contributed by atoms with Gasteiger partial charge in [-0.1, -0.05) is 30.3 Å². The summed E-state index contributed by atoms with van der Waals surface area (Å²) in [6.45, 7) is 0.968. The van der Waals surface area contributed by atoms with Crippen molar-refractivity contribution >= 4 is 6.03 Å². The van der Waals surface area contributed by atoms with E-state index in [9.17, 15) is 4.79 Å². The van der Waals surface area contributed by atoms with E-state index in [1.54, 1.807) is 7.05 Å². The van der Waals surface area contributed by atoms with Gasteiger partial charge in [0.2, 0.25) is 0 Å². The third-order valence-electron chi connectivity index (χ3n) is 3.57. The summed E-state index contributed by atoms with van der Waals surface area (Å²) in [4.78, 5) is 13.4. The number of aliphatic hydroxyl groups excluding tert-OH is 1. The first kappa shape index (κ1) is 14.8. The number of carbonyl (C=O) groups excluding carboxylic acids is 1. The Morgan fingerprint density at radius 2 is 2.20 bits per heavy atom. The number of rotatable bonds is 4. The van der Waals surface area contributed by atoms with Gasteiger partial charge < -0.3 is 20.1 Å². The number of nitrogens with zero attached hydrogens (tertiary/aromatic N) is 1. The summed E-state index contributed by atoms with van der Waals surface area (Å²) in [5.74, 6) is 0. The fraction of sp³-hybridized carbons (Fsp3) is 0.533. The minimum absolute atomic E-state index is 0.0235. The molecule has 2 N–H and O–H groups in total. The van der Waals surface area contributed by atoms with Gasteiger partial charge in [-0.05, 0) is 18.4 Å². The predicted molar refractivity (Wildman–Crippen MR) is 76.4 cm³/mol. The number of hydrogen-bond acceptors (Lipinski definition) is 3. The summed E-state index contributed by atoms with van der Waals surface area (Å²) in [6, 6.07) is 10.0. The van der Waals surface area contributed by atoms with E-state index in [0.717, 1.165) is 18.4 Å². The number of likely N-dealkylation sites (N-methyl/N-ethyl adjacent to an activating group) is 1. The average Bonchev–Trinajstić information content (AvgIpc) is 2.48. The maximum atomic E-state index is 11.9. The van der Waals surface area contributed by atoms with Crippen molar-refractivity contribution in [3.8, 4) is 0 Å². The summed E-state index contributed by atoms with van der Waals surface area (Å²) in [7, 11) is 1.68. The standard InChI is InChI=1S/C15H22N2O3/c1-17(8-9-18)15(19)16-13-7-10-20-14(11-13)12-5-3-2-4-6-12/h2-6,13-14,18H,7-11H2,1H3,(H,16,19)/t13-,14-/m1/s1. The zero-order valence-electron chi connectivity index (χ0n) is 11.8. The molecule has 1 fully saturated rings. The number of hydrogen-bond donors (Lipinski definition) is 2. The van der Waals surface area contributed by atoms with E-state index in [2.05, 4.69) is 5.32 Å². The molecule has 0 radical (unpaired) electrons. The van der Waals surface area contributed by atoms with E-state index in [0.29, 0.717) is 13.2 Å². The van der Waals surface area contributed by atoms with Gasteiger partial charge in [-0.25, -0.2) is 4.79 Å². The largest absolute Gasteiger partial charge is 0.395 e. The molecule has 5 heteroatoms. The lowest BCUT2D eigenvalue weighted by Crippen LogP contribution is -2.46. The van der Waals surface area contributed by atoms with E-state index in [1.165, 1.54) is 4.90 Å². The molecule has 20 heavy (non-hydrogen) atoms. The fourth-order valence-electron chi connectivity index (χ4n) is 2.36. The second-order valence-electron chi connectivity index (χ2n) is 5.09. The predicted octanol–water partition coefficient (Wildman–Crippen LogP) is 1.54. The lowest BCUT2D eigenvalue weighted by Gasteiger charge is -2.31. The molecule has 2 atom stereocenters. The second-order valence-corrected chi connectivity index (χ2v) is 5.09. The molecular weight excluding hydrogens is 256 g/mol. The SMILES string of the molecule is CN(CCO)C(=O)N[C@@H]1CCO[C@@H](c2ccccc2)C1. The van der Waals surface area contributed by atoms with Crippen molar-refractivity contribution in [1.29, 1.82) is 0 Å². The molecular formula is C15H22N2O3. The Labute approximate surface area is 119 Å². The summed E-state index contributed by atoms with van der Waals surface area (Å²) >= 11 is 0. The average molecular weight is 278 g/mol. The normalized spacial score (nSPS) is 22.3. The topological polar surface area (TPSA) is 61.8 Å². The first-order chi connectivity index (χ1) is 9.70. The molecule has 1 aliphatic heterocycles. The van der Waals surface area contributed by atoms with Crippen molar-refractivity contribution in [2.75, 3.05) is 26.8 Å². The van der Waals surface area contributed by atoms with E-state index in [4.69, 9.17) is 9.84 Å². The van der Waals surface area contributed by atoms with Crippen LogP contribution in [0.5, 0.6) is 0 Å². The van der Waals surface area contributed by atoms with Crippen molar-refractivity contribution in [2.24, 2.45) is 0 Å². The molecule has 0 aliphatic carbocycles. The van der Waals surface area contributed by atoms with Crippen LogP contribution in [-0.2, 0) is 4.74 Å². The summed E-state index contributed by atoms with van der Waals surface area (Å²) in [5.41, 5.74) is 1.15. The lowest BCUT2D eigenvalue weighted by atomic mass is 9.97. The van der Waals surface area contributed by atoms with Crippen LogP contribution in [0.15, 0.2) is 30.3 Å². The molecule has 2 amide bonds. The van der Waals surface area contributed by atoms with E-state index in [1.807, 2.05) is 30.3 Å². The van der Waals surface area contributed by atoms with Gasteiger partial charge in [0, 0.05) is 26.2 Å². The van der Waals surface area contributed by atoms with Crippen LogP contribution in [0.3, 0.4) is 0 Å². The smallest absolute Gasteiger partial charge is 0.317 e. The molecule has 1 heterocycles. The molecule has 0 bridgehead atoms. The molecule has 1 saturated heterocycles. The van der Waals surface area contributed by atoms with Gasteiger partial charge in [-0.3, -0.25) is 0 Å². The van der Waals surface area contributed by atoms with Crippen LogP contribution in [0, 0.1) is 0 Å². The molecule has 0 unspecified atom stereocenters. The zero-order chi connectivity index (χ0) is 14.4. The van der Waals surface area contributed by atoms with Crippen LogP contribution in [-0.4, -0.2) is 48.9 Å². The first-order valence-corrected chi connectivity index (χ1v) is 6.99. The second kappa shape index (κ2) is 7.26. The molecule has 5 nitrogen and oxygen atoms in total. The molecule has 0 aromatic heterocycles. The highest BCUT2D eigenvalue weighted by atomic mass is 16.5. The van der Waals surface area contributed by atoms with Gasteiger partial charge in [-0.15, -0.1) is 0 Å². The van der Waals surface area contributed by atoms with Gasteiger partial charge in [-0.2, -0.15) is 0 Å². The van der Waals surface area contributed by atoms with Crippen LogP contribution in [0.2, 0.25) is 0 Å². The zero-order valence-corrected chi connectivity index (χ0v) is 11.8. The number of aliphatic hydroxyl groups is 1. The minimum Gasteiger partial charge on any atom is -0.395 e. The minimum atomic E-state index is -0.141. The molecule has 110 valence electrons. The van der Waals surface area contributed by atoms with Gasteiger partial charge in [0.25, 0.3) is 0 Å². The Kier molecular flexibility index (Phi) is 5.38. The van der Waals surface area contributed by atoms with E-state index >= 15 is 0 Å². The monoisotopic (exact) mass is 278 g/mol. The summed E-state index contributed by atoms with van der Waals surface area (Å²) < 4.78 is 5.78. The summed E-state index contributed by atoms with van der Waals surface area (Å²) in [6.07, 6.45) is 1.64. The Bertz CT molecular complexity index is 424. The Balaban J connectivity index is 1.89. The van der Waals surface area contributed by atoms with Crippen LogP contribution in [0.1, 0.15) is 24.5 Å². The molecule has 2 rings (SSSR count). The van der Waals surface area contributed by atoms with E-state index < -0.39 is 0 Å². The van der Waals surface area contributed by atoms with Gasteiger partial charge in [0.05, 0.1) is 12.7 Å². The number of ether oxygens (including phenoxy) is 1. The van der Waals surface area contributed by atoms with Crippen LogP contribution >= 0.6 is 0 Å². The van der Waals surface area contributed by atoms with Gasteiger partial charge in [0.1, 0.15) is 0 Å². The first-order valence-electron chi connectivity index (χ1n) is 6.99. The van der Waals surface area contributed by atoms with Gasteiger partial charge in [0.15, 0.2) is 0 Å². The highest BCUT2D eigenvalue weighted by Gasteiger charge is 2.25. The maximum absolute atomic E-state index is 11.9. The Hall–Kier alpha value is -1.59. The van der Waals surface area contributed by atoms with Crippen molar-refractivity contribution < 1.29 is 14.6 Å². The third-order valence-corrected chi connectivity index (χ3v) is 3.57. The molecule has 0 saturated carbocycles. The maximum Gasteiger partial charge on any atom is 0.317 e. The number of carbonyl (C=O) groups is 1. The molecule has 1 aromatic rings. The van der Waals surface area contributed by atoms with Crippen molar-refractivity contribution in [2.45, 2.75) is 25.0 Å². The Morgan fingerprint density at radius 3 is 2.90 bits per heavy atom. The van der Waals surface area contributed by atoms with E-state index in [-0.39, 0.29) is 24.8 Å². The Morgan fingerprint density at radius 1 is 1.45 bits per heavy atom. The van der Waals surface area contributed by atoms with Gasteiger partial charge >= 0.3 is 6.03 Å². The third kappa shape index (κ3) is 3.95. The lowest BCUT2D eigenvalue weighted by molar-refractivity contribution is 0.00155. The fourth-order valence-corrected chi connectivity index (χ4v) is 2.36. The van der Waals surface area contributed by atoms with Crippen LogP contribution in [0.4, 0.5) is 4.79 Å². The van der Waals surface area contributed by atoms with Crippen LogP contribution < -0.4 is 5.32 Å².